The molecule has 0 spiro atoms. The van der Waals surface area contributed by atoms with Crippen molar-refractivity contribution >= 4 is 34.6 Å². The number of fused-ring (bicyclic) bond motifs is 1. The van der Waals surface area contributed by atoms with Crippen molar-refractivity contribution in [1.29, 1.82) is 0 Å². The van der Waals surface area contributed by atoms with Gasteiger partial charge in [0.05, 0.1) is 16.7 Å². The number of carbonyl (C=O) groups excluding carboxylic acids is 1. The molecule has 6 nitrogen and oxygen atoms in total. The van der Waals surface area contributed by atoms with Gasteiger partial charge in [0.2, 0.25) is 5.91 Å². The van der Waals surface area contributed by atoms with Crippen LogP contribution in [-0.4, -0.2) is 31.8 Å². The van der Waals surface area contributed by atoms with E-state index in [0.29, 0.717) is 11.7 Å². The van der Waals surface area contributed by atoms with Crippen molar-refractivity contribution < 1.29 is 4.79 Å². The van der Waals surface area contributed by atoms with E-state index in [0.717, 1.165) is 41.1 Å². The quantitative estimate of drug-likeness (QED) is 0.534. The molecule has 136 valence electrons. The first-order valence-corrected chi connectivity index (χ1v) is 8.92. The molecule has 0 saturated carbocycles. The zero-order valence-corrected chi connectivity index (χ0v) is 15.9. The molecule has 0 aliphatic heterocycles. The van der Waals surface area contributed by atoms with Gasteiger partial charge in [0, 0.05) is 31.8 Å². The highest BCUT2D eigenvalue weighted by Crippen LogP contribution is 2.20. The van der Waals surface area contributed by atoms with Crippen LogP contribution in [0.15, 0.2) is 30.3 Å². The number of aromatic nitrogens is 4. The summed E-state index contributed by atoms with van der Waals surface area (Å²) in [4.78, 5) is 16.6. The molecule has 3 rings (SSSR count). The lowest BCUT2D eigenvalue weighted by Crippen LogP contribution is -2.23. The molecule has 1 N–H and O–H groups in total. The Balaban J connectivity index is 1.52. The van der Waals surface area contributed by atoms with Crippen LogP contribution in [0.3, 0.4) is 0 Å². The monoisotopic (exact) mass is 371 g/mol. The average molecular weight is 372 g/mol. The molecule has 0 saturated heterocycles. The smallest absolute Gasteiger partial charge is 0.244 e. The van der Waals surface area contributed by atoms with E-state index in [-0.39, 0.29) is 5.91 Å². The topological polar surface area (TPSA) is 64.7 Å². The van der Waals surface area contributed by atoms with Crippen LogP contribution in [0.5, 0.6) is 0 Å². The van der Waals surface area contributed by atoms with Crippen LogP contribution in [0.25, 0.3) is 17.1 Å². The van der Waals surface area contributed by atoms with E-state index in [1.807, 2.05) is 32.0 Å². The summed E-state index contributed by atoms with van der Waals surface area (Å²) in [6, 6.07) is 8.08. The van der Waals surface area contributed by atoms with E-state index >= 15 is 0 Å². The van der Waals surface area contributed by atoms with Gasteiger partial charge in [0.25, 0.3) is 0 Å². The van der Waals surface area contributed by atoms with E-state index < -0.39 is 0 Å². The van der Waals surface area contributed by atoms with Gasteiger partial charge >= 0.3 is 0 Å². The lowest BCUT2D eigenvalue weighted by Gasteiger charge is -2.07. The van der Waals surface area contributed by atoms with Gasteiger partial charge in [0.1, 0.15) is 11.0 Å². The molecule has 0 aliphatic rings. The van der Waals surface area contributed by atoms with Gasteiger partial charge in [-0.3, -0.25) is 9.48 Å². The fourth-order valence-corrected chi connectivity index (χ4v) is 3.22. The fourth-order valence-electron chi connectivity index (χ4n) is 2.98. The van der Waals surface area contributed by atoms with Crippen molar-refractivity contribution in [2.24, 2.45) is 7.05 Å². The number of rotatable bonds is 6. The summed E-state index contributed by atoms with van der Waals surface area (Å²) in [5, 5.41) is 7.64. The highest BCUT2D eigenvalue weighted by molar-refractivity contribution is 6.31. The second-order valence-corrected chi connectivity index (χ2v) is 6.55. The molecule has 2 heterocycles. The standard InChI is InChI=1S/C19H22ClN5O/c1-13-15(19(20)24(3)23-13)9-10-18(26)21-11-6-12-25-14(2)22-16-7-4-5-8-17(16)25/h4-5,7-10H,6,11-12H2,1-3H3,(H,21,26)/b10-9+. The molecule has 26 heavy (non-hydrogen) atoms. The van der Waals surface area contributed by atoms with Crippen LogP contribution in [0, 0.1) is 13.8 Å². The normalized spacial score (nSPS) is 11.5. The molecule has 7 heteroatoms. The number of para-hydroxylation sites is 2. The van der Waals surface area contributed by atoms with Crippen molar-refractivity contribution in [3.8, 4) is 0 Å². The number of aryl methyl sites for hydroxylation is 4. The molecular formula is C19H22ClN5O. The Morgan fingerprint density at radius 3 is 2.81 bits per heavy atom. The second-order valence-electron chi connectivity index (χ2n) is 6.19. The van der Waals surface area contributed by atoms with Crippen molar-refractivity contribution in [2.75, 3.05) is 6.54 Å². The minimum absolute atomic E-state index is 0.142. The molecule has 3 aromatic rings. The molecular weight excluding hydrogens is 350 g/mol. The third kappa shape index (κ3) is 3.80. The Hall–Kier alpha value is -2.60. The van der Waals surface area contributed by atoms with Crippen LogP contribution < -0.4 is 5.32 Å². The number of imidazole rings is 1. The Morgan fingerprint density at radius 2 is 2.08 bits per heavy atom. The number of hydrogen-bond acceptors (Lipinski definition) is 3. The first kappa shape index (κ1) is 18.2. The predicted molar refractivity (Wildman–Crippen MR) is 104 cm³/mol. The van der Waals surface area contributed by atoms with E-state index in [4.69, 9.17) is 11.6 Å². The molecule has 2 aromatic heterocycles. The van der Waals surface area contributed by atoms with Crippen molar-refractivity contribution in [2.45, 2.75) is 26.8 Å². The van der Waals surface area contributed by atoms with Crippen molar-refractivity contribution in [3.05, 3.63) is 52.6 Å². The predicted octanol–water partition coefficient (Wildman–Crippen LogP) is 3.26. The van der Waals surface area contributed by atoms with Crippen molar-refractivity contribution in [1.82, 2.24) is 24.6 Å². The van der Waals surface area contributed by atoms with Gasteiger partial charge in [-0.2, -0.15) is 5.10 Å². The summed E-state index contributed by atoms with van der Waals surface area (Å²) in [6.07, 6.45) is 4.02. The van der Waals surface area contributed by atoms with Crippen LogP contribution in [0.2, 0.25) is 5.15 Å². The Bertz CT molecular complexity index is 970. The summed E-state index contributed by atoms with van der Waals surface area (Å²) < 4.78 is 3.77. The summed E-state index contributed by atoms with van der Waals surface area (Å²) in [7, 11) is 1.77. The van der Waals surface area contributed by atoms with Crippen LogP contribution in [0.4, 0.5) is 0 Å². The lowest BCUT2D eigenvalue weighted by atomic mass is 10.2. The van der Waals surface area contributed by atoms with Gasteiger partial charge in [-0.05, 0) is 38.5 Å². The minimum atomic E-state index is -0.142. The molecule has 0 unspecified atom stereocenters. The Kier molecular flexibility index (Phi) is 5.42. The summed E-state index contributed by atoms with van der Waals surface area (Å²) in [6.45, 7) is 5.27. The molecule has 0 aliphatic carbocycles. The molecule has 1 amide bonds. The maximum absolute atomic E-state index is 12.0. The molecule has 0 atom stereocenters. The summed E-state index contributed by atoms with van der Waals surface area (Å²) >= 11 is 6.15. The van der Waals surface area contributed by atoms with Gasteiger partial charge in [-0.25, -0.2) is 4.98 Å². The first-order valence-electron chi connectivity index (χ1n) is 8.54. The summed E-state index contributed by atoms with van der Waals surface area (Å²) in [5.41, 5.74) is 3.69. The number of benzene rings is 1. The third-order valence-electron chi connectivity index (χ3n) is 4.30. The SMILES string of the molecule is Cc1nn(C)c(Cl)c1/C=C/C(=O)NCCCn1c(C)nc2ccccc21. The Labute approximate surface area is 157 Å². The largest absolute Gasteiger partial charge is 0.352 e. The molecule has 1 aromatic carbocycles. The minimum Gasteiger partial charge on any atom is -0.352 e. The first-order chi connectivity index (χ1) is 12.5. The van der Waals surface area contributed by atoms with E-state index in [1.54, 1.807) is 17.8 Å². The maximum Gasteiger partial charge on any atom is 0.244 e. The van der Waals surface area contributed by atoms with Crippen LogP contribution in [0.1, 0.15) is 23.5 Å². The van der Waals surface area contributed by atoms with E-state index in [2.05, 4.69) is 26.0 Å². The zero-order chi connectivity index (χ0) is 18.7. The Morgan fingerprint density at radius 1 is 1.31 bits per heavy atom. The number of carbonyl (C=O) groups is 1. The van der Waals surface area contributed by atoms with Gasteiger partial charge in [-0.1, -0.05) is 23.7 Å². The zero-order valence-electron chi connectivity index (χ0n) is 15.2. The number of nitrogens with zero attached hydrogens (tertiary/aromatic N) is 4. The number of hydrogen-bond donors (Lipinski definition) is 1. The van der Waals surface area contributed by atoms with Crippen LogP contribution >= 0.6 is 11.6 Å². The van der Waals surface area contributed by atoms with Crippen LogP contribution in [-0.2, 0) is 18.4 Å². The summed E-state index contributed by atoms with van der Waals surface area (Å²) in [5.74, 6) is 0.843. The molecule has 0 fully saturated rings. The van der Waals surface area contributed by atoms with Gasteiger partial charge in [-0.15, -0.1) is 0 Å². The number of halogens is 1. The molecule has 0 radical (unpaired) electrons. The third-order valence-corrected chi connectivity index (χ3v) is 4.75. The second kappa shape index (κ2) is 7.74. The fraction of sp³-hybridized carbons (Fsp3) is 0.316. The lowest BCUT2D eigenvalue weighted by molar-refractivity contribution is -0.116. The highest BCUT2D eigenvalue weighted by atomic mass is 35.5. The van der Waals surface area contributed by atoms with Gasteiger partial charge < -0.3 is 9.88 Å². The average Bonchev–Trinajstić information content (AvgIpc) is 3.05. The van der Waals surface area contributed by atoms with Gasteiger partial charge in [0.15, 0.2) is 0 Å². The van der Waals surface area contributed by atoms with E-state index in [1.165, 1.54) is 6.08 Å². The van der Waals surface area contributed by atoms with Crippen molar-refractivity contribution in [3.63, 3.8) is 0 Å². The number of nitrogens with one attached hydrogen (secondary N) is 1. The molecule has 0 bridgehead atoms. The van der Waals surface area contributed by atoms with E-state index in [9.17, 15) is 4.79 Å². The maximum atomic E-state index is 12.0. The highest BCUT2D eigenvalue weighted by Gasteiger charge is 2.09. The number of amides is 1.